The van der Waals surface area contributed by atoms with E-state index in [1.807, 2.05) is 12.2 Å². The maximum absolute atomic E-state index is 12.9. The van der Waals surface area contributed by atoms with Crippen molar-refractivity contribution in [2.45, 2.75) is 6.61 Å². The molecule has 0 radical (unpaired) electrons. The summed E-state index contributed by atoms with van der Waals surface area (Å²) < 4.78 is 12.9. The molecule has 1 aromatic rings. The number of rotatable bonds is 3. The van der Waals surface area contributed by atoms with Crippen molar-refractivity contribution in [1.82, 2.24) is 0 Å². The lowest BCUT2D eigenvalue weighted by Gasteiger charge is -2.00. The Morgan fingerprint density at radius 1 is 1.46 bits per heavy atom. The van der Waals surface area contributed by atoms with Crippen molar-refractivity contribution in [3.8, 4) is 0 Å². The fraction of sp³-hybridized carbons (Fsp3) is 0.200. The monoisotopic (exact) mass is 198 g/mol. The molecular formula is C10H11FOS. The van der Waals surface area contributed by atoms with E-state index in [2.05, 4.69) is 12.6 Å². The molecule has 0 aliphatic rings. The van der Waals surface area contributed by atoms with Gasteiger partial charge in [0.2, 0.25) is 0 Å². The van der Waals surface area contributed by atoms with Gasteiger partial charge >= 0.3 is 0 Å². The van der Waals surface area contributed by atoms with E-state index in [4.69, 9.17) is 5.11 Å². The van der Waals surface area contributed by atoms with Gasteiger partial charge in [0.25, 0.3) is 0 Å². The summed E-state index contributed by atoms with van der Waals surface area (Å²) in [7, 11) is 0. The molecule has 13 heavy (non-hydrogen) atoms. The van der Waals surface area contributed by atoms with Crippen LogP contribution in [0.15, 0.2) is 24.3 Å². The summed E-state index contributed by atoms with van der Waals surface area (Å²) >= 11 is 4.01. The van der Waals surface area contributed by atoms with E-state index < -0.39 is 0 Å². The third-order valence-electron chi connectivity index (χ3n) is 1.66. The number of aliphatic hydroxyl groups excluding tert-OH is 1. The number of halogens is 1. The van der Waals surface area contributed by atoms with E-state index in [1.165, 1.54) is 6.07 Å². The molecule has 0 atom stereocenters. The van der Waals surface area contributed by atoms with Gasteiger partial charge in [0.15, 0.2) is 0 Å². The zero-order chi connectivity index (χ0) is 9.68. The molecular weight excluding hydrogens is 187 g/mol. The summed E-state index contributed by atoms with van der Waals surface area (Å²) in [5.41, 5.74) is 1.20. The highest BCUT2D eigenvalue weighted by atomic mass is 32.1. The predicted octanol–water partition coefficient (Wildman–Crippen LogP) is 2.26. The minimum atomic E-state index is -0.370. The first-order valence-electron chi connectivity index (χ1n) is 3.94. The first-order valence-corrected chi connectivity index (χ1v) is 4.58. The van der Waals surface area contributed by atoms with Crippen LogP contribution in [-0.2, 0) is 6.61 Å². The third-order valence-corrected chi connectivity index (χ3v) is 1.87. The normalized spacial score (nSPS) is 11.0. The van der Waals surface area contributed by atoms with E-state index in [1.54, 1.807) is 12.1 Å². The van der Waals surface area contributed by atoms with Gasteiger partial charge in [-0.15, -0.1) is 0 Å². The van der Waals surface area contributed by atoms with Crippen molar-refractivity contribution >= 4 is 18.7 Å². The molecule has 0 fully saturated rings. The van der Waals surface area contributed by atoms with Gasteiger partial charge in [-0.25, -0.2) is 4.39 Å². The predicted molar refractivity (Wildman–Crippen MR) is 55.2 cm³/mol. The molecule has 1 aromatic carbocycles. The molecule has 0 aliphatic heterocycles. The lowest BCUT2D eigenvalue weighted by molar-refractivity contribution is 0.275. The van der Waals surface area contributed by atoms with Crippen LogP contribution in [0, 0.1) is 5.82 Å². The highest BCUT2D eigenvalue weighted by Gasteiger charge is 1.99. The van der Waals surface area contributed by atoms with E-state index >= 15 is 0 Å². The smallest absolute Gasteiger partial charge is 0.128 e. The fourth-order valence-corrected chi connectivity index (χ4v) is 1.11. The summed E-state index contributed by atoms with van der Waals surface area (Å²) in [6.45, 7) is -0.269. The van der Waals surface area contributed by atoms with Crippen molar-refractivity contribution in [2.24, 2.45) is 0 Å². The van der Waals surface area contributed by atoms with Crippen LogP contribution < -0.4 is 0 Å². The maximum Gasteiger partial charge on any atom is 0.128 e. The molecule has 0 saturated carbocycles. The van der Waals surface area contributed by atoms with Gasteiger partial charge in [0.05, 0.1) is 6.61 Å². The minimum absolute atomic E-state index is 0.269. The van der Waals surface area contributed by atoms with Crippen LogP contribution in [0.2, 0.25) is 0 Å². The summed E-state index contributed by atoms with van der Waals surface area (Å²) in [5.74, 6) is 0.275. The van der Waals surface area contributed by atoms with E-state index in [0.29, 0.717) is 11.3 Å². The Hall–Kier alpha value is -0.800. The molecule has 0 spiro atoms. The second-order valence-corrected chi connectivity index (χ2v) is 2.96. The fourth-order valence-electron chi connectivity index (χ4n) is 1.01. The Morgan fingerprint density at radius 2 is 2.23 bits per heavy atom. The van der Waals surface area contributed by atoms with Gasteiger partial charge in [0.1, 0.15) is 5.82 Å². The SMILES string of the molecule is OCc1cc(C=CCS)ccc1F. The number of thiol groups is 1. The Kier molecular flexibility index (Phi) is 3.99. The van der Waals surface area contributed by atoms with E-state index in [0.717, 1.165) is 5.56 Å². The average molecular weight is 198 g/mol. The van der Waals surface area contributed by atoms with Crippen molar-refractivity contribution in [2.75, 3.05) is 5.75 Å². The quantitative estimate of drug-likeness (QED) is 0.714. The zero-order valence-electron chi connectivity index (χ0n) is 7.07. The topological polar surface area (TPSA) is 20.2 Å². The van der Waals surface area contributed by atoms with Crippen LogP contribution >= 0.6 is 12.6 Å². The second kappa shape index (κ2) is 5.04. The molecule has 0 unspecified atom stereocenters. The summed E-state index contributed by atoms with van der Waals surface area (Å²) in [6.07, 6.45) is 3.70. The van der Waals surface area contributed by atoms with Crippen molar-refractivity contribution in [3.63, 3.8) is 0 Å². The average Bonchev–Trinajstić information content (AvgIpc) is 2.16. The van der Waals surface area contributed by atoms with Gasteiger partial charge in [-0.1, -0.05) is 18.2 Å². The van der Waals surface area contributed by atoms with Crippen LogP contribution in [0.4, 0.5) is 4.39 Å². The molecule has 0 bridgehead atoms. The number of benzene rings is 1. The highest BCUT2D eigenvalue weighted by molar-refractivity contribution is 7.80. The van der Waals surface area contributed by atoms with Crippen molar-refractivity contribution in [1.29, 1.82) is 0 Å². The third kappa shape index (κ3) is 2.86. The molecule has 3 heteroatoms. The highest BCUT2D eigenvalue weighted by Crippen LogP contribution is 2.11. The summed E-state index contributed by atoms with van der Waals surface area (Å²) in [5, 5.41) is 8.79. The van der Waals surface area contributed by atoms with Crippen molar-refractivity contribution < 1.29 is 9.50 Å². The Labute approximate surface area is 82.3 Å². The molecule has 1 N–H and O–H groups in total. The summed E-state index contributed by atoms with van der Waals surface area (Å²) in [6, 6.07) is 4.63. The first-order chi connectivity index (χ1) is 6.27. The number of hydrogen-bond donors (Lipinski definition) is 2. The molecule has 1 nitrogen and oxygen atoms in total. The molecule has 0 saturated heterocycles. The van der Waals surface area contributed by atoms with Gasteiger partial charge in [-0.3, -0.25) is 0 Å². The van der Waals surface area contributed by atoms with E-state index in [-0.39, 0.29) is 12.4 Å². The summed E-state index contributed by atoms with van der Waals surface area (Å²) in [4.78, 5) is 0. The second-order valence-electron chi connectivity index (χ2n) is 2.59. The standard InChI is InChI=1S/C10H11FOS/c11-10-4-3-8(2-1-5-13)6-9(10)7-12/h1-4,6,12-13H,5,7H2. The van der Waals surface area contributed by atoms with Crippen LogP contribution in [-0.4, -0.2) is 10.9 Å². The molecule has 1 rings (SSSR count). The van der Waals surface area contributed by atoms with Gasteiger partial charge in [0, 0.05) is 11.3 Å². The Morgan fingerprint density at radius 3 is 2.85 bits per heavy atom. The number of hydrogen-bond acceptors (Lipinski definition) is 2. The molecule has 0 aromatic heterocycles. The van der Waals surface area contributed by atoms with Gasteiger partial charge in [-0.2, -0.15) is 12.6 Å². The van der Waals surface area contributed by atoms with Gasteiger partial charge < -0.3 is 5.11 Å². The van der Waals surface area contributed by atoms with Crippen LogP contribution in [0.1, 0.15) is 11.1 Å². The lowest BCUT2D eigenvalue weighted by atomic mass is 10.1. The molecule has 0 aliphatic carbocycles. The van der Waals surface area contributed by atoms with Gasteiger partial charge in [-0.05, 0) is 17.7 Å². The van der Waals surface area contributed by atoms with Crippen molar-refractivity contribution in [3.05, 3.63) is 41.2 Å². The molecule has 0 amide bonds. The Balaban J connectivity index is 2.92. The Bertz CT molecular complexity index is 310. The number of aliphatic hydroxyl groups is 1. The van der Waals surface area contributed by atoms with Crippen LogP contribution in [0.5, 0.6) is 0 Å². The largest absolute Gasteiger partial charge is 0.392 e. The lowest BCUT2D eigenvalue weighted by Crippen LogP contribution is -1.89. The van der Waals surface area contributed by atoms with Crippen LogP contribution in [0.25, 0.3) is 6.08 Å². The maximum atomic E-state index is 12.9. The molecule has 0 heterocycles. The minimum Gasteiger partial charge on any atom is -0.392 e. The van der Waals surface area contributed by atoms with E-state index in [9.17, 15) is 4.39 Å². The first kappa shape index (κ1) is 10.3. The zero-order valence-corrected chi connectivity index (χ0v) is 7.97. The molecule has 70 valence electrons. The van der Waals surface area contributed by atoms with Crippen LogP contribution in [0.3, 0.4) is 0 Å².